The summed E-state index contributed by atoms with van der Waals surface area (Å²) < 4.78 is 78.4. The molecule has 4 bridgehead atoms. The van der Waals surface area contributed by atoms with Gasteiger partial charge >= 0.3 is 0 Å². The van der Waals surface area contributed by atoms with E-state index in [0.29, 0.717) is 12.2 Å². The van der Waals surface area contributed by atoms with E-state index in [1.807, 2.05) is 11.8 Å². The van der Waals surface area contributed by atoms with Gasteiger partial charge in [-0.15, -0.1) is 0 Å². The van der Waals surface area contributed by atoms with Crippen molar-refractivity contribution in [3.8, 4) is 11.5 Å². The topological polar surface area (TPSA) is 51.2 Å². The molecule has 0 aromatic heterocycles. The van der Waals surface area contributed by atoms with Gasteiger partial charge in [-0.1, -0.05) is 69.2 Å². The van der Waals surface area contributed by atoms with Crippen LogP contribution in [0.3, 0.4) is 0 Å². The Balaban J connectivity index is 1.74. The molecule has 11 atom stereocenters. The number of rotatable bonds is 7. The van der Waals surface area contributed by atoms with Gasteiger partial charge in [-0.05, 0) is 105 Å². The van der Waals surface area contributed by atoms with Crippen molar-refractivity contribution >= 4 is 0 Å². The van der Waals surface area contributed by atoms with Crippen LogP contribution < -0.4 is 9.47 Å². The third-order valence-corrected chi connectivity index (χ3v) is 16.8. The van der Waals surface area contributed by atoms with Crippen molar-refractivity contribution in [2.24, 2.45) is 45.8 Å². The lowest BCUT2D eigenvalue weighted by atomic mass is 9.22. The van der Waals surface area contributed by atoms with Crippen molar-refractivity contribution in [1.29, 1.82) is 0 Å². The lowest BCUT2D eigenvalue weighted by molar-refractivity contribution is -0.392. The third kappa shape index (κ3) is 3.20. The number of ether oxygens (including phenoxy) is 3. The summed E-state index contributed by atoms with van der Waals surface area (Å²) >= 11 is 0. The number of fused-ring (bicyclic) bond motifs is 2. The second-order valence-corrected chi connectivity index (χ2v) is 18.9. The van der Waals surface area contributed by atoms with Crippen LogP contribution >= 0.6 is 0 Å². The molecular formula is C42H67NO4. The Hall–Kier alpha value is -1.30. The van der Waals surface area contributed by atoms with Gasteiger partial charge in [-0.25, -0.2) is 0 Å². The molecule has 0 amide bonds. The molecule has 1 aromatic rings. The summed E-state index contributed by atoms with van der Waals surface area (Å²) in [5.41, 5.74) is -2.74. The molecule has 0 radical (unpaired) electrons. The van der Waals surface area contributed by atoms with Crippen LogP contribution in [0.1, 0.15) is 140 Å². The quantitative estimate of drug-likeness (QED) is 0.319. The molecule has 1 aromatic carbocycles. The highest BCUT2D eigenvalue weighted by atomic mass is 16.6. The van der Waals surface area contributed by atoms with Gasteiger partial charge in [0, 0.05) is 55.7 Å². The van der Waals surface area contributed by atoms with E-state index in [0.717, 1.165) is 34.4 Å². The summed E-state index contributed by atoms with van der Waals surface area (Å²) in [6.07, 6.45) is -1.63. The molecule has 2 heterocycles. The number of nitrogens with zero attached hydrogens (tertiary/aromatic N) is 1. The van der Waals surface area contributed by atoms with Gasteiger partial charge in [0.05, 0.1) is 18.1 Å². The Bertz CT molecular complexity index is 1790. The zero-order valence-corrected chi connectivity index (χ0v) is 32.4. The molecule has 2 aliphatic heterocycles. The highest BCUT2D eigenvalue weighted by molar-refractivity contribution is 5.72. The maximum absolute atomic E-state index is 13.3. The molecule has 264 valence electrons. The maximum atomic E-state index is 13.3. The first kappa shape index (κ1) is 27.4. The van der Waals surface area contributed by atoms with E-state index in [2.05, 4.69) is 90.0 Å². The maximum Gasteiger partial charge on any atom is 0.166 e. The largest absolute Gasteiger partial charge is 0.493 e. The smallest absolute Gasteiger partial charge is 0.166 e. The Labute approximate surface area is 295 Å². The molecule has 4 unspecified atom stereocenters. The number of methoxy groups -OCH3 is 2. The van der Waals surface area contributed by atoms with Gasteiger partial charge in [0.15, 0.2) is 11.5 Å². The number of aliphatic hydroxyl groups is 1. The second kappa shape index (κ2) is 9.32. The fraction of sp³-hybridized carbons (Fsp3) is 0.857. The molecule has 8 rings (SSSR count). The summed E-state index contributed by atoms with van der Waals surface area (Å²) in [7, 11) is 3.48. The average molecular weight is 656 g/mol. The van der Waals surface area contributed by atoms with Crippen molar-refractivity contribution in [1.82, 2.24) is 4.90 Å². The summed E-state index contributed by atoms with van der Waals surface area (Å²) in [6.45, 7) is 28.8. The number of piperidine rings is 1. The van der Waals surface area contributed by atoms with Crippen molar-refractivity contribution in [2.75, 3.05) is 20.7 Å². The first-order valence-electron chi connectivity index (χ1n) is 21.2. The zero-order chi connectivity index (χ0) is 40.5. The van der Waals surface area contributed by atoms with Crippen molar-refractivity contribution in [2.45, 2.75) is 163 Å². The van der Waals surface area contributed by atoms with E-state index in [4.69, 9.17) is 18.3 Å². The Morgan fingerprint density at radius 3 is 2.15 bits per heavy atom. The van der Waals surface area contributed by atoms with E-state index in [-0.39, 0.29) is 11.8 Å². The molecular weight excluding hydrogens is 582 g/mol. The molecule has 4 saturated carbocycles. The average Bonchev–Trinajstić information content (AvgIpc) is 3.25. The Morgan fingerprint density at radius 1 is 1.04 bits per heavy atom. The predicted octanol–water partition coefficient (Wildman–Crippen LogP) is 8.61. The van der Waals surface area contributed by atoms with Crippen LogP contribution in [0.2, 0.25) is 0 Å². The fourth-order valence-electron chi connectivity index (χ4n) is 13.5. The molecule has 1 N–H and O–H groups in total. The molecule has 5 nitrogen and oxygen atoms in total. The van der Waals surface area contributed by atoms with E-state index < -0.39 is 86.5 Å². The van der Waals surface area contributed by atoms with Crippen LogP contribution in [-0.4, -0.2) is 59.6 Å². The molecule has 7 aliphatic rings. The normalized spacial score (nSPS) is 50.8. The van der Waals surface area contributed by atoms with Crippen LogP contribution in [0.4, 0.5) is 0 Å². The third-order valence-electron chi connectivity index (χ3n) is 16.8. The fourth-order valence-corrected chi connectivity index (χ4v) is 13.5. The molecule has 5 heteroatoms. The van der Waals surface area contributed by atoms with Crippen molar-refractivity contribution in [3.63, 3.8) is 0 Å². The molecule has 47 heavy (non-hydrogen) atoms. The van der Waals surface area contributed by atoms with E-state index in [9.17, 15) is 9.22 Å². The number of benzene rings is 1. The zero-order valence-electron chi connectivity index (χ0n) is 38.4. The summed E-state index contributed by atoms with van der Waals surface area (Å²) in [6, 6.07) is -0.603. The molecule has 2 spiro atoms. The van der Waals surface area contributed by atoms with Gasteiger partial charge in [0.2, 0.25) is 0 Å². The Kier molecular flexibility index (Phi) is 5.44. The van der Waals surface area contributed by atoms with Gasteiger partial charge in [0.1, 0.15) is 11.7 Å². The molecule has 5 aliphatic carbocycles. The van der Waals surface area contributed by atoms with Crippen LogP contribution in [0, 0.1) is 59.6 Å². The minimum atomic E-state index is -2.59. The first-order valence-corrected chi connectivity index (χ1v) is 18.2. The van der Waals surface area contributed by atoms with Crippen molar-refractivity contribution < 1.29 is 27.5 Å². The van der Waals surface area contributed by atoms with Crippen LogP contribution in [0.5, 0.6) is 11.5 Å². The van der Waals surface area contributed by atoms with E-state index in [1.165, 1.54) is 6.92 Å². The lowest BCUT2D eigenvalue weighted by Gasteiger charge is -2.86. The van der Waals surface area contributed by atoms with Crippen LogP contribution in [0.15, 0.2) is 0 Å². The van der Waals surface area contributed by atoms with E-state index >= 15 is 0 Å². The standard InChI is InChI=1S/C42H67NO4/c1-18-35(7,8)39(15,44)32-26(6)40-20-23(3)41(32,46-17)34-42(40)29-28(24(4)25(5)30(45-16)31(29)47-34)36(9,10)33(40)43(21-27-19-22(27)2)38(13,14)37(42,11)12/h22-23,26-27,32-34,44H,18-21H2,1-17H3/t22?,23?,26-,27?,32-,33-,34+,39+,40?,41+,42+/m1/s1/i19D2,21D2,22D,27D. The predicted molar refractivity (Wildman–Crippen MR) is 191 cm³/mol. The lowest BCUT2D eigenvalue weighted by Crippen LogP contribution is -2.94. The van der Waals surface area contributed by atoms with Gasteiger partial charge in [0.25, 0.3) is 0 Å². The second-order valence-electron chi connectivity index (χ2n) is 18.9. The number of hydrogen-bond acceptors (Lipinski definition) is 5. The summed E-state index contributed by atoms with van der Waals surface area (Å²) in [5, 5.41) is 13.3. The SMILES string of the molecule is [2H]C([2H])(N1[C@@H]2C(C)(C)c3c(C)c(C)c(OC)c4c3[C@]3([C@@H](O4)[C@]4(OC)C(C)CC23[C@H](C)[C@@H]4[C@](C)(O)C(C)(C)CC)C(C)(C)C1(C)C)C1([2H])C([2H])([2H])C1([2H])C. The minimum absolute atomic E-state index is 0.142. The first-order chi connectivity index (χ1) is 23.8. The van der Waals surface area contributed by atoms with Gasteiger partial charge < -0.3 is 19.3 Å². The highest BCUT2D eigenvalue weighted by Crippen LogP contribution is 2.87. The Morgan fingerprint density at radius 2 is 1.64 bits per heavy atom. The van der Waals surface area contributed by atoms with E-state index in [1.54, 1.807) is 14.2 Å². The number of likely N-dealkylation sites (tertiary alicyclic amines) is 1. The monoisotopic (exact) mass is 656 g/mol. The molecule has 1 saturated heterocycles. The number of hydrogen-bond donors (Lipinski definition) is 1. The molecule has 5 fully saturated rings. The summed E-state index contributed by atoms with van der Waals surface area (Å²) in [4.78, 5) is 1.91. The van der Waals surface area contributed by atoms with Gasteiger partial charge in [-0.2, -0.15) is 0 Å². The van der Waals surface area contributed by atoms with Crippen LogP contribution in [0.25, 0.3) is 0 Å². The minimum Gasteiger partial charge on any atom is -0.493 e. The highest BCUT2D eigenvalue weighted by Gasteiger charge is 2.92. The van der Waals surface area contributed by atoms with Crippen LogP contribution in [-0.2, 0) is 15.6 Å². The van der Waals surface area contributed by atoms with Gasteiger partial charge in [-0.3, -0.25) is 4.90 Å². The van der Waals surface area contributed by atoms with Crippen molar-refractivity contribution in [3.05, 3.63) is 22.3 Å². The summed E-state index contributed by atoms with van der Waals surface area (Å²) in [5.74, 6) is -3.81.